The Bertz CT molecular complexity index is 1480. The number of nitrogen functional groups attached to an aromatic ring is 1. The normalized spacial score (nSPS) is 11.1. The van der Waals surface area contributed by atoms with Crippen molar-refractivity contribution in [2.45, 2.75) is 110 Å². The fraction of sp³-hybridized carbons (Fsp3) is 0.439. The van der Waals surface area contributed by atoms with Gasteiger partial charge in [-0.05, 0) is 61.0 Å². The van der Waals surface area contributed by atoms with Crippen LogP contribution in [0.5, 0.6) is 23.0 Å². The highest BCUT2D eigenvalue weighted by molar-refractivity contribution is 6.11. The van der Waals surface area contributed by atoms with Crippen molar-refractivity contribution >= 4 is 28.1 Å². The van der Waals surface area contributed by atoms with Gasteiger partial charge in [0.2, 0.25) is 0 Å². The summed E-state index contributed by atoms with van der Waals surface area (Å²) in [5.74, 6) is 1.29. The monoisotopic (exact) mass is 638 g/mol. The third-order valence-corrected chi connectivity index (χ3v) is 8.71. The molecule has 0 fully saturated rings. The van der Waals surface area contributed by atoms with Gasteiger partial charge >= 0.3 is 0 Å². The van der Waals surface area contributed by atoms with Gasteiger partial charge in [-0.25, -0.2) is 0 Å². The molecule has 0 radical (unpaired) electrons. The lowest BCUT2D eigenvalue weighted by molar-refractivity contribution is 0.102. The van der Waals surface area contributed by atoms with Crippen LogP contribution in [0.2, 0.25) is 0 Å². The van der Waals surface area contributed by atoms with E-state index < -0.39 is 5.91 Å². The number of phenolic OH excluding ortho intramolecular Hbond substituents is 1. The molecule has 47 heavy (non-hydrogen) atoms. The van der Waals surface area contributed by atoms with Crippen LogP contribution in [0.4, 0.5) is 11.4 Å². The van der Waals surface area contributed by atoms with Crippen molar-refractivity contribution in [2.24, 2.45) is 0 Å². The van der Waals surface area contributed by atoms with Gasteiger partial charge in [0.15, 0.2) is 0 Å². The summed E-state index contributed by atoms with van der Waals surface area (Å²) < 4.78 is 12.0. The average molecular weight is 639 g/mol. The van der Waals surface area contributed by atoms with Gasteiger partial charge in [0, 0.05) is 22.1 Å². The number of rotatable bonds is 22. The van der Waals surface area contributed by atoms with E-state index in [1.165, 1.54) is 96.3 Å². The highest BCUT2D eigenvalue weighted by Crippen LogP contribution is 2.38. The predicted octanol–water partition coefficient (Wildman–Crippen LogP) is 11.8. The van der Waals surface area contributed by atoms with Gasteiger partial charge in [0.25, 0.3) is 5.91 Å². The lowest BCUT2D eigenvalue weighted by atomic mass is 10.0. The summed E-state index contributed by atoms with van der Waals surface area (Å²) in [6.45, 7) is 2.97. The highest BCUT2D eigenvalue weighted by atomic mass is 16.5. The number of carbonyl (C=O) groups excluding carboxylic acids is 1. The number of anilines is 2. The number of aromatic hydroxyl groups is 1. The maximum Gasteiger partial charge on any atom is 0.259 e. The topological polar surface area (TPSA) is 93.8 Å². The number of fused-ring (bicyclic) bond motifs is 1. The first-order chi connectivity index (χ1) is 23.0. The molecule has 4 aromatic carbocycles. The van der Waals surface area contributed by atoms with Crippen LogP contribution in [0.1, 0.15) is 120 Å². The zero-order chi connectivity index (χ0) is 33.1. The van der Waals surface area contributed by atoms with Crippen molar-refractivity contribution in [2.75, 3.05) is 17.7 Å². The van der Waals surface area contributed by atoms with E-state index in [2.05, 4.69) is 12.2 Å². The number of nitrogens with one attached hydrogen (secondary N) is 1. The molecule has 252 valence electrons. The van der Waals surface area contributed by atoms with Crippen molar-refractivity contribution in [3.8, 4) is 23.0 Å². The summed E-state index contributed by atoms with van der Waals surface area (Å²) >= 11 is 0. The van der Waals surface area contributed by atoms with Crippen molar-refractivity contribution in [1.29, 1.82) is 0 Å². The molecule has 4 aromatic rings. The Balaban J connectivity index is 1.13. The number of unbranched alkanes of at least 4 members (excludes halogenated alkanes) is 15. The average Bonchev–Trinajstić information content (AvgIpc) is 3.09. The zero-order valence-electron chi connectivity index (χ0n) is 28.3. The Kier molecular flexibility index (Phi) is 15.3. The Morgan fingerprint density at radius 3 is 1.74 bits per heavy atom. The number of benzene rings is 4. The summed E-state index contributed by atoms with van der Waals surface area (Å²) in [5.41, 5.74) is 7.17. The van der Waals surface area contributed by atoms with Crippen LogP contribution in [-0.2, 0) is 0 Å². The summed E-state index contributed by atoms with van der Waals surface area (Å²) in [6, 6.07) is 23.2. The Morgan fingerprint density at radius 1 is 0.660 bits per heavy atom. The molecule has 0 heterocycles. The lowest BCUT2D eigenvalue weighted by Gasteiger charge is -2.14. The van der Waals surface area contributed by atoms with Gasteiger partial charge in [-0.2, -0.15) is 0 Å². The van der Waals surface area contributed by atoms with Gasteiger partial charge in [-0.3, -0.25) is 4.79 Å². The molecule has 0 spiro atoms. The van der Waals surface area contributed by atoms with Gasteiger partial charge in [0.05, 0.1) is 12.2 Å². The molecule has 0 saturated heterocycles. The van der Waals surface area contributed by atoms with Crippen LogP contribution in [-0.4, -0.2) is 17.6 Å². The summed E-state index contributed by atoms with van der Waals surface area (Å²) in [4.78, 5) is 13.3. The molecular formula is C41H54N2O4. The third kappa shape index (κ3) is 12.2. The molecule has 0 atom stereocenters. The first kappa shape index (κ1) is 35.7. The number of nitrogens with two attached hydrogens (primary N) is 1. The molecule has 6 nitrogen and oxygen atoms in total. The maximum absolute atomic E-state index is 13.3. The molecular weight excluding hydrogens is 584 g/mol. The SMILES string of the molecule is CCCCCCCCCCCCCCCCCCOc1ccc(NC(=O)c2cc(Oc3ccc(N)cc3)c3ccccc3c2O)cc1. The molecule has 0 aromatic heterocycles. The maximum atomic E-state index is 13.3. The second kappa shape index (κ2) is 20.1. The van der Waals surface area contributed by atoms with Crippen molar-refractivity contribution in [1.82, 2.24) is 0 Å². The van der Waals surface area contributed by atoms with E-state index in [0.717, 1.165) is 12.2 Å². The van der Waals surface area contributed by atoms with Crippen LogP contribution in [0.25, 0.3) is 10.8 Å². The van der Waals surface area contributed by atoms with Gasteiger partial charge in [0.1, 0.15) is 23.0 Å². The molecule has 0 aliphatic rings. The molecule has 4 N–H and O–H groups in total. The Labute approximate surface area is 281 Å². The summed E-state index contributed by atoms with van der Waals surface area (Å²) in [7, 11) is 0. The van der Waals surface area contributed by atoms with Gasteiger partial charge in [-0.1, -0.05) is 128 Å². The zero-order valence-corrected chi connectivity index (χ0v) is 28.3. The van der Waals surface area contributed by atoms with Crippen LogP contribution >= 0.6 is 0 Å². The number of hydrogen-bond acceptors (Lipinski definition) is 5. The van der Waals surface area contributed by atoms with Gasteiger partial charge < -0.3 is 25.6 Å². The van der Waals surface area contributed by atoms with E-state index in [1.807, 2.05) is 42.5 Å². The fourth-order valence-corrected chi connectivity index (χ4v) is 5.92. The highest BCUT2D eigenvalue weighted by Gasteiger charge is 2.19. The van der Waals surface area contributed by atoms with Crippen LogP contribution in [0.15, 0.2) is 78.9 Å². The molecule has 0 bridgehead atoms. The molecule has 0 saturated carbocycles. The van der Waals surface area contributed by atoms with Gasteiger partial charge in [-0.15, -0.1) is 0 Å². The molecule has 6 heteroatoms. The van der Waals surface area contributed by atoms with Crippen molar-refractivity contribution < 1.29 is 19.4 Å². The molecule has 0 aliphatic heterocycles. The minimum absolute atomic E-state index is 0.0958. The Hall–Kier alpha value is -4.19. The van der Waals surface area contributed by atoms with Crippen molar-refractivity contribution in [3.05, 3.63) is 84.4 Å². The van der Waals surface area contributed by atoms with E-state index in [-0.39, 0.29) is 11.3 Å². The van der Waals surface area contributed by atoms with E-state index in [9.17, 15) is 9.90 Å². The number of phenols is 1. The second-order valence-electron chi connectivity index (χ2n) is 12.6. The minimum Gasteiger partial charge on any atom is -0.506 e. The van der Waals surface area contributed by atoms with Crippen LogP contribution < -0.4 is 20.5 Å². The largest absolute Gasteiger partial charge is 0.506 e. The van der Waals surface area contributed by atoms with Crippen LogP contribution in [0, 0.1) is 0 Å². The smallest absolute Gasteiger partial charge is 0.259 e. The van der Waals surface area contributed by atoms with Crippen molar-refractivity contribution in [3.63, 3.8) is 0 Å². The van der Waals surface area contributed by atoms with E-state index in [0.29, 0.717) is 40.3 Å². The summed E-state index contributed by atoms with van der Waals surface area (Å²) in [6.07, 6.45) is 21.6. The number of hydrogen-bond donors (Lipinski definition) is 3. The van der Waals surface area contributed by atoms with E-state index in [1.54, 1.807) is 36.4 Å². The molecule has 1 amide bonds. The molecule has 4 rings (SSSR count). The van der Waals surface area contributed by atoms with Crippen LogP contribution in [0.3, 0.4) is 0 Å². The third-order valence-electron chi connectivity index (χ3n) is 8.71. The van der Waals surface area contributed by atoms with E-state index >= 15 is 0 Å². The number of amides is 1. The molecule has 0 aliphatic carbocycles. The first-order valence-electron chi connectivity index (χ1n) is 17.9. The van der Waals surface area contributed by atoms with E-state index in [4.69, 9.17) is 15.2 Å². The quantitative estimate of drug-likeness (QED) is 0.0588. The first-order valence-corrected chi connectivity index (χ1v) is 17.9. The standard InChI is InChI=1S/C41H54N2O4/c1-2-3-4-5-6-7-8-9-10-11-12-13-14-15-16-19-30-46-34-28-24-33(25-29-34)43-41(45)38-31-39(47-35-26-22-32(42)23-27-35)36-20-17-18-21-37(36)40(38)44/h17-18,20-29,31,44H,2-16,19,30,42H2,1H3,(H,43,45). The minimum atomic E-state index is -0.433. The summed E-state index contributed by atoms with van der Waals surface area (Å²) in [5, 5.41) is 15.1. The Morgan fingerprint density at radius 2 is 1.17 bits per heavy atom. The fourth-order valence-electron chi connectivity index (χ4n) is 5.92. The molecule has 0 unspecified atom stereocenters. The number of carbonyl (C=O) groups is 1. The number of ether oxygens (including phenoxy) is 2. The lowest BCUT2D eigenvalue weighted by Crippen LogP contribution is -2.12. The predicted molar refractivity (Wildman–Crippen MR) is 196 cm³/mol. The second-order valence-corrected chi connectivity index (χ2v) is 12.6.